The van der Waals surface area contributed by atoms with Crippen molar-refractivity contribution in [2.75, 3.05) is 19.7 Å². The maximum Gasteiger partial charge on any atom is 0.238 e. The number of hydrogen-bond acceptors (Lipinski definition) is 6. The number of halogens is 2. The van der Waals surface area contributed by atoms with Crippen LogP contribution in [0, 0.1) is 0 Å². The third-order valence-corrected chi connectivity index (χ3v) is 3.94. The molecule has 1 atom stereocenters. The second-order valence-electron chi connectivity index (χ2n) is 5.38. The molecule has 0 spiro atoms. The fourth-order valence-corrected chi connectivity index (χ4v) is 2.72. The van der Waals surface area contributed by atoms with E-state index < -0.39 is 6.10 Å². The van der Waals surface area contributed by atoms with Crippen LogP contribution in [0.15, 0.2) is 36.5 Å². The number of rotatable bonds is 7. The Morgan fingerprint density at radius 1 is 1.28 bits per heavy atom. The van der Waals surface area contributed by atoms with E-state index in [0.717, 1.165) is 19.3 Å². The molecule has 1 aliphatic heterocycles. The highest BCUT2D eigenvalue weighted by Crippen LogP contribution is 2.30. The molecule has 8 heteroatoms. The minimum absolute atomic E-state index is 0.261. The Hall–Kier alpha value is -1.86. The molecule has 2 heterocycles. The Kier molecular flexibility index (Phi) is 6.09. The molecule has 6 nitrogen and oxygen atoms in total. The first kappa shape index (κ1) is 17.9. The van der Waals surface area contributed by atoms with E-state index in [1.165, 1.54) is 6.20 Å². The lowest BCUT2D eigenvalue weighted by molar-refractivity contribution is -0.135. The molecule has 1 fully saturated rings. The summed E-state index contributed by atoms with van der Waals surface area (Å²) in [6, 6.07) is 8.38. The van der Waals surface area contributed by atoms with Gasteiger partial charge in [0.1, 0.15) is 16.5 Å². The summed E-state index contributed by atoms with van der Waals surface area (Å²) in [5.41, 5.74) is 0. The van der Waals surface area contributed by atoms with Crippen LogP contribution < -0.4 is 9.47 Å². The monoisotopic (exact) mass is 382 g/mol. The molecule has 1 aliphatic rings. The lowest BCUT2D eigenvalue weighted by Crippen LogP contribution is -2.34. The van der Waals surface area contributed by atoms with Crippen molar-refractivity contribution in [1.29, 1.82) is 0 Å². The molecule has 0 N–H and O–H groups in total. The van der Waals surface area contributed by atoms with Crippen molar-refractivity contribution in [3.8, 4) is 17.4 Å². The Balaban J connectivity index is 1.60. The smallest absolute Gasteiger partial charge is 0.238 e. The fourth-order valence-electron chi connectivity index (χ4n) is 2.30. The lowest BCUT2D eigenvalue weighted by atomic mass is 10.3. The van der Waals surface area contributed by atoms with Crippen molar-refractivity contribution < 1.29 is 19.1 Å². The summed E-state index contributed by atoms with van der Waals surface area (Å²) < 4.78 is 11.3. The Bertz CT molecular complexity index is 721. The second kappa shape index (κ2) is 8.49. The van der Waals surface area contributed by atoms with Crippen LogP contribution in [0.1, 0.15) is 6.42 Å². The van der Waals surface area contributed by atoms with E-state index in [1.54, 1.807) is 35.4 Å². The SMILES string of the molecule is O=CC(CN1CCCO1)Oc1ccc(Oc2ncc(Cl)cc2Cl)cc1. The molecule has 25 heavy (non-hydrogen) atoms. The van der Waals surface area contributed by atoms with Gasteiger partial charge in [0.2, 0.25) is 5.88 Å². The minimum Gasteiger partial charge on any atom is -0.482 e. The molecule has 1 saturated heterocycles. The predicted molar refractivity (Wildman–Crippen MR) is 93.4 cm³/mol. The molecule has 0 saturated carbocycles. The van der Waals surface area contributed by atoms with Gasteiger partial charge in [0, 0.05) is 12.7 Å². The summed E-state index contributed by atoms with van der Waals surface area (Å²) in [7, 11) is 0. The van der Waals surface area contributed by atoms with E-state index in [-0.39, 0.29) is 5.88 Å². The number of pyridine rings is 1. The van der Waals surface area contributed by atoms with Crippen molar-refractivity contribution in [3.05, 3.63) is 46.6 Å². The summed E-state index contributed by atoms with van der Waals surface area (Å²) in [6.45, 7) is 1.88. The van der Waals surface area contributed by atoms with Crippen molar-refractivity contribution in [2.24, 2.45) is 0 Å². The van der Waals surface area contributed by atoms with Crippen LogP contribution in [0.25, 0.3) is 0 Å². The highest BCUT2D eigenvalue weighted by Gasteiger charge is 2.19. The average molecular weight is 383 g/mol. The van der Waals surface area contributed by atoms with Crippen LogP contribution in [0.5, 0.6) is 17.4 Å². The van der Waals surface area contributed by atoms with Crippen molar-refractivity contribution in [1.82, 2.24) is 10.0 Å². The Morgan fingerprint density at radius 2 is 2.04 bits per heavy atom. The van der Waals surface area contributed by atoms with E-state index in [0.29, 0.717) is 34.7 Å². The summed E-state index contributed by atoms with van der Waals surface area (Å²) in [5, 5.41) is 2.49. The average Bonchev–Trinajstić information content (AvgIpc) is 3.11. The molecule has 132 valence electrons. The first-order valence-corrected chi connectivity index (χ1v) is 8.48. The molecule has 0 amide bonds. The lowest BCUT2D eigenvalue weighted by Gasteiger charge is -2.19. The van der Waals surface area contributed by atoms with E-state index in [4.69, 9.17) is 37.5 Å². The quantitative estimate of drug-likeness (QED) is 0.679. The highest BCUT2D eigenvalue weighted by atomic mass is 35.5. The molecule has 3 rings (SSSR count). The van der Waals surface area contributed by atoms with Gasteiger partial charge >= 0.3 is 0 Å². The normalized spacial score (nSPS) is 15.8. The summed E-state index contributed by atoms with van der Waals surface area (Å²) in [5.74, 6) is 1.35. The first-order valence-electron chi connectivity index (χ1n) is 7.73. The molecule has 2 aromatic rings. The van der Waals surface area contributed by atoms with Gasteiger partial charge in [-0.3, -0.25) is 9.63 Å². The zero-order valence-electron chi connectivity index (χ0n) is 13.2. The molecule has 0 bridgehead atoms. The number of carbonyl (C=O) groups is 1. The van der Waals surface area contributed by atoms with Gasteiger partial charge in [-0.1, -0.05) is 23.2 Å². The molecular weight excluding hydrogens is 367 g/mol. The Labute approximate surface area is 155 Å². The number of carbonyl (C=O) groups excluding carboxylic acids is 1. The molecule has 0 aliphatic carbocycles. The Morgan fingerprint density at radius 3 is 2.68 bits per heavy atom. The number of ether oxygens (including phenoxy) is 2. The van der Waals surface area contributed by atoms with Crippen molar-refractivity contribution in [2.45, 2.75) is 12.5 Å². The van der Waals surface area contributed by atoms with Crippen LogP contribution in [0.4, 0.5) is 0 Å². The summed E-state index contributed by atoms with van der Waals surface area (Å²) in [6.07, 6.45) is 2.58. The predicted octanol–water partition coefficient (Wildman–Crippen LogP) is 3.76. The fraction of sp³-hybridized carbons (Fsp3) is 0.294. The third kappa shape index (κ3) is 5.06. The van der Waals surface area contributed by atoms with E-state index in [1.807, 2.05) is 0 Å². The van der Waals surface area contributed by atoms with Crippen molar-refractivity contribution in [3.63, 3.8) is 0 Å². The number of aromatic nitrogens is 1. The molecular formula is C17H16Cl2N2O4. The maximum absolute atomic E-state index is 11.2. The molecule has 0 radical (unpaired) electrons. The first-order chi connectivity index (χ1) is 12.1. The van der Waals surface area contributed by atoms with Gasteiger partial charge in [0.25, 0.3) is 0 Å². The summed E-state index contributed by atoms with van der Waals surface area (Å²) >= 11 is 11.8. The third-order valence-electron chi connectivity index (χ3n) is 3.46. The topological polar surface area (TPSA) is 60.9 Å². The number of hydroxylamine groups is 2. The summed E-state index contributed by atoms with van der Waals surface area (Å²) in [4.78, 5) is 20.6. The number of nitrogens with zero attached hydrogens (tertiary/aromatic N) is 2. The number of benzene rings is 1. The maximum atomic E-state index is 11.2. The van der Waals surface area contributed by atoms with E-state index in [9.17, 15) is 4.79 Å². The van der Waals surface area contributed by atoms with Gasteiger partial charge in [-0.25, -0.2) is 4.98 Å². The van der Waals surface area contributed by atoms with Crippen LogP contribution in [-0.4, -0.2) is 42.1 Å². The van der Waals surface area contributed by atoms with Crippen LogP contribution >= 0.6 is 23.2 Å². The zero-order chi connectivity index (χ0) is 17.6. The highest BCUT2D eigenvalue weighted by molar-refractivity contribution is 6.35. The minimum atomic E-state index is -0.600. The largest absolute Gasteiger partial charge is 0.482 e. The van der Waals surface area contributed by atoms with Gasteiger partial charge in [-0.2, -0.15) is 5.06 Å². The van der Waals surface area contributed by atoms with Crippen molar-refractivity contribution >= 4 is 29.5 Å². The molecule has 1 aromatic heterocycles. The van der Waals surface area contributed by atoms with Gasteiger partial charge in [-0.15, -0.1) is 0 Å². The van der Waals surface area contributed by atoms with Gasteiger partial charge in [0.05, 0.1) is 18.2 Å². The van der Waals surface area contributed by atoms with Crippen LogP contribution in [-0.2, 0) is 9.63 Å². The van der Waals surface area contributed by atoms with Crippen LogP contribution in [0.2, 0.25) is 10.0 Å². The van der Waals surface area contributed by atoms with E-state index in [2.05, 4.69) is 4.98 Å². The second-order valence-corrected chi connectivity index (χ2v) is 6.22. The standard InChI is InChI=1S/C17H16Cl2N2O4/c18-12-8-16(19)17(20-9-12)25-14-4-2-13(3-5-14)24-15(11-22)10-21-6-1-7-23-21/h2-5,8-9,11,15H,1,6-7,10H2. The molecule has 1 aromatic carbocycles. The number of hydrogen-bond donors (Lipinski definition) is 0. The molecule has 1 unspecified atom stereocenters. The van der Waals surface area contributed by atoms with Gasteiger partial charge in [-0.05, 0) is 36.8 Å². The zero-order valence-corrected chi connectivity index (χ0v) is 14.7. The van der Waals surface area contributed by atoms with Gasteiger partial charge < -0.3 is 9.47 Å². The number of aldehydes is 1. The van der Waals surface area contributed by atoms with Gasteiger partial charge in [0.15, 0.2) is 12.4 Å². The van der Waals surface area contributed by atoms with Crippen LogP contribution in [0.3, 0.4) is 0 Å². The van der Waals surface area contributed by atoms with E-state index >= 15 is 0 Å².